The van der Waals surface area contributed by atoms with E-state index < -0.39 is 4.92 Å². The Morgan fingerprint density at radius 3 is 2.74 bits per heavy atom. The number of aliphatic hydroxyl groups is 1. The maximum Gasteiger partial charge on any atom is 0.283 e. The average molecular weight is 262 g/mol. The van der Waals surface area contributed by atoms with Gasteiger partial charge in [-0.05, 0) is 19.9 Å². The number of aryl methyl sites for hydroxylation is 1. The number of para-hydroxylation sites is 1. The van der Waals surface area contributed by atoms with E-state index in [1.807, 2.05) is 6.92 Å². The standard InChI is InChI=1S/C12H14N4O3/c1-3-15-10(7-17)13-14-12(15)9-6-4-5-8(2)11(9)16(18)19/h4-6,17H,3,7H2,1-2H3. The zero-order valence-corrected chi connectivity index (χ0v) is 10.7. The van der Waals surface area contributed by atoms with E-state index >= 15 is 0 Å². The van der Waals surface area contributed by atoms with Crippen molar-refractivity contribution in [3.63, 3.8) is 0 Å². The van der Waals surface area contributed by atoms with Crippen molar-refractivity contribution in [3.05, 3.63) is 39.7 Å². The maximum atomic E-state index is 11.2. The molecule has 1 aromatic carbocycles. The summed E-state index contributed by atoms with van der Waals surface area (Å²) >= 11 is 0. The van der Waals surface area contributed by atoms with Gasteiger partial charge in [-0.3, -0.25) is 10.1 Å². The largest absolute Gasteiger partial charge is 0.388 e. The number of rotatable bonds is 4. The lowest BCUT2D eigenvalue weighted by atomic mass is 10.1. The van der Waals surface area contributed by atoms with Gasteiger partial charge in [-0.15, -0.1) is 10.2 Å². The Hall–Kier alpha value is -2.28. The summed E-state index contributed by atoms with van der Waals surface area (Å²) in [5, 5.41) is 28.2. The van der Waals surface area contributed by atoms with Crippen LogP contribution in [0.15, 0.2) is 18.2 Å². The molecule has 2 aromatic rings. The second-order valence-electron chi connectivity index (χ2n) is 4.07. The summed E-state index contributed by atoms with van der Waals surface area (Å²) in [5.74, 6) is 0.801. The lowest BCUT2D eigenvalue weighted by Gasteiger charge is -2.07. The molecule has 0 unspecified atom stereocenters. The van der Waals surface area contributed by atoms with Crippen LogP contribution in [0, 0.1) is 17.0 Å². The second-order valence-corrected chi connectivity index (χ2v) is 4.07. The smallest absolute Gasteiger partial charge is 0.283 e. The van der Waals surface area contributed by atoms with Crippen LogP contribution < -0.4 is 0 Å². The number of aliphatic hydroxyl groups excluding tert-OH is 1. The van der Waals surface area contributed by atoms with Crippen LogP contribution in [0.3, 0.4) is 0 Å². The Morgan fingerprint density at radius 1 is 1.42 bits per heavy atom. The van der Waals surface area contributed by atoms with Crippen molar-refractivity contribution in [1.29, 1.82) is 0 Å². The molecule has 2 rings (SSSR count). The van der Waals surface area contributed by atoms with Crippen LogP contribution in [0.1, 0.15) is 18.3 Å². The van der Waals surface area contributed by atoms with Gasteiger partial charge in [-0.2, -0.15) is 0 Å². The van der Waals surface area contributed by atoms with Crippen molar-refractivity contribution in [3.8, 4) is 11.4 Å². The minimum atomic E-state index is -0.419. The molecular formula is C12H14N4O3. The van der Waals surface area contributed by atoms with Gasteiger partial charge in [0.05, 0.1) is 10.5 Å². The Labute approximate surface area is 109 Å². The molecule has 0 aliphatic heterocycles. The first-order valence-corrected chi connectivity index (χ1v) is 5.87. The molecule has 0 spiro atoms. The number of nitro benzene ring substituents is 1. The highest BCUT2D eigenvalue weighted by Crippen LogP contribution is 2.31. The zero-order chi connectivity index (χ0) is 14.0. The fraction of sp³-hybridized carbons (Fsp3) is 0.333. The van der Waals surface area contributed by atoms with E-state index in [1.54, 1.807) is 29.7 Å². The average Bonchev–Trinajstić information content (AvgIpc) is 2.80. The van der Waals surface area contributed by atoms with Crippen LogP contribution in [0.4, 0.5) is 5.69 Å². The fourth-order valence-corrected chi connectivity index (χ4v) is 2.07. The van der Waals surface area contributed by atoms with Crippen molar-refractivity contribution in [2.24, 2.45) is 0 Å². The van der Waals surface area contributed by atoms with Crippen molar-refractivity contribution >= 4 is 5.69 Å². The maximum absolute atomic E-state index is 11.2. The monoisotopic (exact) mass is 262 g/mol. The quantitative estimate of drug-likeness (QED) is 0.668. The molecule has 0 radical (unpaired) electrons. The van der Waals surface area contributed by atoms with Crippen molar-refractivity contribution in [2.45, 2.75) is 27.0 Å². The topological polar surface area (TPSA) is 94.1 Å². The fourth-order valence-electron chi connectivity index (χ4n) is 2.07. The third-order valence-corrected chi connectivity index (χ3v) is 2.95. The molecule has 0 aliphatic rings. The molecule has 0 bridgehead atoms. The molecule has 1 heterocycles. The summed E-state index contributed by atoms with van der Waals surface area (Å²) in [7, 11) is 0. The molecule has 0 atom stereocenters. The van der Waals surface area contributed by atoms with Crippen LogP contribution in [0.25, 0.3) is 11.4 Å². The lowest BCUT2D eigenvalue weighted by molar-refractivity contribution is -0.384. The van der Waals surface area contributed by atoms with E-state index in [0.29, 0.717) is 29.3 Å². The highest BCUT2D eigenvalue weighted by Gasteiger charge is 2.23. The minimum absolute atomic E-state index is 0.0223. The molecule has 0 aliphatic carbocycles. The molecule has 1 aromatic heterocycles. The molecule has 0 saturated carbocycles. The SMILES string of the molecule is CCn1c(CO)nnc1-c1cccc(C)c1[N+](=O)[O-]. The molecular weight excluding hydrogens is 248 g/mol. The molecule has 19 heavy (non-hydrogen) atoms. The molecule has 1 N–H and O–H groups in total. The third-order valence-electron chi connectivity index (χ3n) is 2.95. The van der Waals surface area contributed by atoms with E-state index in [-0.39, 0.29) is 12.3 Å². The highest BCUT2D eigenvalue weighted by atomic mass is 16.6. The first-order chi connectivity index (χ1) is 9.10. The first kappa shape index (κ1) is 13.2. The molecule has 0 saturated heterocycles. The summed E-state index contributed by atoms with van der Waals surface area (Å²) in [5.41, 5.74) is 1.01. The minimum Gasteiger partial charge on any atom is -0.388 e. The summed E-state index contributed by atoms with van der Waals surface area (Å²) in [6.07, 6.45) is 0. The van der Waals surface area contributed by atoms with Gasteiger partial charge in [0.15, 0.2) is 11.6 Å². The summed E-state index contributed by atoms with van der Waals surface area (Å²) in [6, 6.07) is 5.06. The van der Waals surface area contributed by atoms with Gasteiger partial charge in [-0.25, -0.2) is 0 Å². The lowest BCUT2D eigenvalue weighted by Crippen LogP contribution is -2.05. The zero-order valence-electron chi connectivity index (χ0n) is 10.7. The highest BCUT2D eigenvalue weighted by molar-refractivity contribution is 5.70. The molecule has 7 nitrogen and oxygen atoms in total. The van der Waals surface area contributed by atoms with Crippen molar-refractivity contribution < 1.29 is 10.0 Å². The normalized spacial score (nSPS) is 10.7. The van der Waals surface area contributed by atoms with E-state index in [1.165, 1.54) is 0 Å². The number of hydrogen-bond donors (Lipinski definition) is 1. The van der Waals surface area contributed by atoms with Crippen molar-refractivity contribution in [1.82, 2.24) is 14.8 Å². The molecule has 7 heteroatoms. The number of nitro groups is 1. The van der Waals surface area contributed by atoms with Crippen LogP contribution >= 0.6 is 0 Å². The van der Waals surface area contributed by atoms with Gasteiger partial charge in [0.25, 0.3) is 5.69 Å². The van der Waals surface area contributed by atoms with Gasteiger partial charge in [0.1, 0.15) is 6.61 Å². The first-order valence-electron chi connectivity index (χ1n) is 5.87. The van der Waals surface area contributed by atoms with Gasteiger partial charge in [0.2, 0.25) is 0 Å². The van der Waals surface area contributed by atoms with Crippen molar-refractivity contribution in [2.75, 3.05) is 0 Å². The number of aromatic nitrogens is 3. The summed E-state index contributed by atoms with van der Waals surface area (Å²) < 4.78 is 1.67. The van der Waals surface area contributed by atoms with Gasteiger partial charge >= 0.3 is 0 Å². The second kappa shape index (κ2) is 5.15. The predicted molar refractivity (Wildman–Crippen MR) is 68.4 cm³/mol. The van der Waals surface area contributed by atoms with Crippen LogP contribution in [0.2, 0.25) is 0 Å². The number of nitrogens with zero attached hydrogens (tertiary/aromatic N) is 4. The Balaban J connectivity index is 2.69. The Kier molecular flexibility index (Phi) is 3.57. The Bertz CT molecular complexity index is 621. The number of benzene rings is 1. The van der Waals surface area contributed by atoms with Crippen LogP contribution in [-0.4, -0.2) is 24.8 Å². The summed E-state index contributed by atoms with van der Waals surface area (Å²) in [6.45, 7) is 3.83. The van der Waals surface area contributed by atoms with Gasteiger partial charge in [0, 0.05) is 12.1 Å². The van der Waals surface area contributed by atoms with Gasteiger partial charge < -0.3 is 9.67 Å². The van der Waals surface area contributed by atoms with Crippen LogP contribution in [0.5, 0.6) is 0 Å². The van der Waals surface area contributed by atoms with Gasteiger partial charge in [-0.1, -0.05) is 12.1 Å². The third kappa shape index (κ3) is 2.19. The van der Waals surface area contributed by atoms with Crippen LogP contribution in [-0.2, 0) is 13.2 Å². The summed E-state index contributed by atoms with van der Waals surface area (Å²) in [4.78, 5) is 10.8. The van der Waals surface area contributed by atoms with E-state index in [0.717, 1.165) is 0 Å². The van der Waals surface area contributed by atoms with E-state index in [2.05, 4.69) is 10.2 Å². The molecule has 0 fully saturated rings. The predicted octanol–water partition coefficient (Wildman–Crippen LogP) is 1.67. The molecule has 100 valence electrons. The number of hydrogen-bond acceptors (Lipinski definition) is 5. The Morgan fingerprint density at radius 2 is 2.16 bits per heavy atom. The van der Waals surface area contributed by atoms with E-state index in [4.69, 9.17) is 0 Å². The molecule has 0 amide bonds. The van der Waals surface area contributed by atoms with E-state index in [9.17, 15) is 15.2 Å².